The van der Waals surface area contributed by atoms with Gasteiger partial charge in [0.25, 0.3) is 0 Å². The van der Waals surface area contributed by atoms with E-state index in [-0.39, 0.29) is 6.29 Å². The van der Waals surface area contributed by atoms with Crippen molar-refractivity contribution in [2.45, 2.75) is 25.2 Å². The molecule has 1 fully saturated rings. The maximum absolute atomic E-state index is 5.43. The highest BCUT2D eigenvalue weighted by molar-refractivity contribution is 14.1. The topological polar surface area (TPSA) is 18.5 Å². The summed E-state index contributed by atoms with van der Waals surface area (Å²) in [6.45, 7) is 0. The Morgan fingerprint density at radius 3 is 2.78 bits per heavy atom. The normalized spacial score (nSPS) is 35.3. The Morgan fingerprint density at radius 2 is 2.44 bits per heavy atom. The summed E-state index contributed by atoms with van der Waals surface area (Å²) in [4.78, 5) is 0. The highest BCUT2D eigenvalue weighted by atomic mass is 127. The minimum atomic E-state index is 0.0739. The molecular weight excluding hydrogens is 231 g/mol. The van der Waals surface area contributed by atoms with Gasteiger partial charge in [0.05, 0.1) is 6.10 Å². The van der Waals surface area contributed by atoms with Crippen molar-refractivity contribution in [1.29, 1.82) is 0 Å². The second-order valence-electron chi connectivity index (χ2n) is 2.16. The van der Waals surface area contributed by atoms with Gasteiger partial charge in [0.2, 0.25) is 0 Å². The van der Waals surface area contributed by atoms with E-state index in [0.29, 0.717) is 6.10 Å². The molecule has 0 saturated carbocycles. The summed E-state index contributed by atoms with van der Waals surface area (Å²) >= 11 is 2.34. The molecule has 0 radical (unpaired) electrons. The number of hydrogen-bond acceptors (Lipinski definition) is 2. The van der Waals surface area contributed by atoms with Crippen molar-refractivity contribution >= 4 is 22.6 Å². The zero-order chi connectivity index (χ0) is 6.69. The molecule has 1 saturated heterocycles. The van der Waals surface area contributed by atoms with Crippen LogP contribution in [-0.4, -0.2) is 23.9 Å². The summed E-state index contributed by atoms with van der Waals surface area (Å²) < 4.78 is 11.5. The lowest BCUT2D eigenvalue weighted by Crippen LogP contribution is -2.12. The first kappa shape index (κ1) is 7.75. The van der Waals surface area contributed by atoms with Crippen molar-refractivity contribution in [1.82, 2.24) is 0 Å². The number of rotatable bonds is 2. The fourth-order valence-corrected chi connectivity index (χ4v) is 1.61. The van der Waals surface area contributed by atoms with E-state index in [1.165, 1.54) is 0 Å². The Bertz CT molecular complexity index is 77.1. The van der Waals surface area contributed by atoms with E-state index in [2.05, 4.69) is 22.6 Å². The van der Waals surface area contributed by atoms with Crippen molar-refractivity contribution < 1.29 is 9.47 Å². The molecule has 0 aromatic carbocycles. The van der Waals surface area contributed by atoms with E-state index in [4.69, 9.17) is 9.47 Å². The molecule has 0 bridgehead atoms. The minimum absolute atomic E-state index is 0.0739. The smallest absolute Gasteiger partial charge is 0.157 e. The zero-order valence-electron chi connectivity index (χ0n) is 5.47. The van der Waals surface area contributed by atoms with E-state index >= 15 is 0 Å². The van der Waals surface area contributed by atoms with Crippen molar-refractivity contribution in [2.75, 3.05) is 11.5 Å². The number of methoxy groups -OCH3 is 1. The fourth-order valence-electron chi connectivity index (χ4n) is 0.960. The Morgan fingerprint density at radius 1 is 1.67 bits per heavy atom. The molecule has 1 aliphatic heterocycles. The molecule has 1 unspecified atom stereocenters. The van der Waals surface area contributed by atoms with Crippen LogP contribution in [0, 0.1) is 0 Å². The van der Waals surface area contributed by atoms with Gasteiger partial charge >= 0.3 is 0 Å². The molecule has 0 spiro atoms. The largest absolute Gasteiger partial charge is 0.356 e. The first-order valence-electron chi connectivity index (χ1n) is 3.11. The van der Waals surface area contributed by atoms with Gasteiger partial charge in [-0.25, -0.2) is 0 Å². The molecule has 54 valence electrons. The van der Waals surface area contributed by atoms with Gasteiger partial charge in [-0.2, -0.15) is 0 Å². The van der Waals surface area contributed by atoms with E-state index in [1.54, 1.807) is 7.11 Å². The molecule has 0 aromatic heterocycles. The predicted molar refractivity (Wildman–Crippen MR) is 43.8 cm³/mol. The van der Waals surface area contributed by atoms with Gasteiger partial charge in [-0.3, -0.25) is 0 Å². The third kappa shape index (κ3) is 2.05. The van der Waals surface area contributed by atoms with Crippen LogP contribution in [0.5, 0.6) is 0 Å². The second-order valence-corrected chi connectivity index (χ2v) is 3.04. The first-order valence-corrected chi connectivity index (χ1v) is 4.63. The molecule has 0 N–H and O–H groups in total. The van der Waals surface area contributed by atoms with Crippen molar-refractivity contribution in [2.24, 2.45) is 0 Å². The Kier molecular flexibility index (Phi) is 3.21. The Labute approximate surface area is 69.0 Å². The van der Waals surface area contributed by atoms with Crippen LogP contribution in [0.4, 0.5) is 0 Å². The quantitative estimate of drug-likeness (QED) is 0.540. The first-order chi connectivity index (χ1) is 4.36. The average molecular weight is 242 g/mol. The molecule has 2 nitrogen and oxygen atoms in total. The van der Waals surface area contributed by atoms with Crippen molar-refractivity contribution in [3.63, 3.8) is 0 Å². The summed E-state index contributed by atoms with van der Waals surface area (Å²) in [7, 11) is 1.69. The molecule has 2 atom stereocenters. The lowest BCUT2D eigenvalue weighted by atomic mass is 10.3. The molecule has 0 aromatic rings. The van der Waals surface area contributed by atoms with Crippen molar-refractivity contribution in [3.05, 3.63) is 0 Å². The predicted octanol–water partition coefficient (Wildman–Crippen LogP) is 1.57. The zero-order valence-corrected chi connectivity index (χ0v) is 7.63. The van der Waals surface area contributed by atoms with Crippen LogP contribution < -0.4 is 0 Å². The van der Waals surface area contributed by atoms with Gasteiger partial charge in [-0.15, -0.1) is 0 Å². The highest BCUT2D eigenvalue weighted by Crippen LogP contribution is 2.20. The van der Waals surface area contributed by atoms with Crippen LogP contribution in [0.15, 0.2) is 0 Å². The summed E-state index contributed by atoms with van der Waals surface area (Å²) in [5.41, 5.74) is 0. The third-order valence-corrected chi connectivity index (χ3v) is 2.49. The van der Waals surface area contributed by atoms with Crippen LogP contribution in [0.1, 0.15) is 12.8 Å². The standard InChI is InChI=1S/C6H11IO2/c1-8-6-3-2-5(4-7)9-6/h5-6H,2-4H2,1H3/t5-,6?/m0/s1. The molecule has 3 heteroatoms. The summed E-state index contributed by atoms with van der Waals surface area (Å²) in [5, 5.41) is 0. The van der Waals surface area contributed by atoms with Crippen LogP contribution in [0.3, 0.4) is 0 Å². The van der Waals surface area contributed by atoms with E-state index < -0.39 is 0 Å². The number of ether oxygens (including phenoxy) is 2. The van der Waals surface area contributed by atoms with Gasteiger partial charge in [-0.1, -0.05) is 22.6 Å². The van der Waals surface area contributed by atoms with Gasteiger partial charge in [0.15, 0.2) is 6.29 Å². The maximum Gasteiger partial charge on any atom is 0.157 e. The fraction of sp³-hybridized carbons (Fsp3) is 1.00. The lowest BCUT2D eigenvalue weighted by molar-refractivity contribution is -0.108. The van der Waals surface area contributed by atoms with Crippen LogP contribution in [0.2, 0.25) is 0 Å². The van der Waals surface area contributed by atoms with Gasteiger partial charge < -0.3 is 9.47 Å². The van der Waals surface area contributed by atoms with Gasteiger partial charge in [0, 0.05) is 18.0 Å². The monoisotopic (exact) mass is 242 g/mol. The van der Waals surface area contributed by atoms with E-state index in [9.17, 15) is 0 Å². The molecule has 1 aliphatic rings. The number of halogens is 1. The number of alkyl halides is 1. The Balaban J connectivity index is 2.20. The summed E-state index contributed by atoms with van der Waals surface area (Å²) in [5.74, 6) is 0. The second kappa shape index (κ2) is 3.73. The molecular formula is C6H11IO2. The van der Waals surface area contributed by atoms with Gasteiger partial charge in [0.1, 0.15) is 0 Å². The molecule has 1 heterocycles. The maximum atomic E-state index is 5.43. The van der Waals surface area contributed by atoms with Crippen LogP contribution in [-0.2, 0) is 9.47 Å². The van der Waals surface area contributed by atoms with E-state index in [1.807, 2.05) is 0 Å². The highest BCUT2D eigenvalue weighted by Gasteiger charge is 2.23. The summed E-state index contributed by atoms with van der Waals surface area (Å²) in [6, 6.07) is 0. The molecule has 9 heavy (non-hydrogen) atoms. The van der Waals surface area contributed by atoms with Gasteiger partial charge in [-0.05, 0) is 6.42 Å². The SMILES string of the molecule is COC1CC[C@@H](CI)O1. The molecule has 0 amide bonds. The third-order valence-electron chi connectivity index (χ3n) is 1.50. The van der Waals surface area contributed by atoms with Crippen molar-refractivity contribution in [3.8, 4) is 0 Å². The lowest BCUT2D eigenvalue weighted by Gasteiger charge is -2.08. The van der Waals surface area contributed by atoms with E-state index in [0.717, 1.165) is 17.3 Å². The Hall–Kier alpha value is 0.650. The molecule has 1 rings (SSSR count). The molecule has 0 aliphatic carbocycles. The summed E-state index contributed by atoms with van der Waals surface area (Å²) in [6.07, 6.45) is 2.73. The van der Waals surface area contributed by atoms with Crippen LogP contribution >= 0.6 is 22.6 Å². The number of hydrogen-bond donors (Lipinski definition) is 0. The van der Waals surface area contributed by atoms with Crippen LogP contribution in [0.25, 0.3) is 0 Å². The minimum Gasteiger partial charge on any atom is -0.356 e. The average Bonchev–Trinajstić information content (AvgIpc) is 2.34.